The molecule has 0 unspecified atom stereocenters. The second-order valence-corrected chi connectivity index (χ2v) is 6.28. The first-order valence-corrected chi connectivity index (χ1v) is 8.96. The van der Waals surface area contributed by atoms with Gasteiger partial charge in [0.05, 0.1) is 7.11 Å². The van der Waals surface area contributed by atoms with Crippen LogP contribution in [0.2, 0.25) is 0 Å². The summed E-state index contributed by atoms with van der Waals surface area (Å²) in [6.45, 7) is 0.123. The quantitative estimate of drug-likeness (QED) is 0.641. The maximum absolute atomic E-state index is 11.9. The fourth-order valence-corrected chi connectivity index (χ4v) is 2.75. The van der Waals surface area contributed by atoms with E-state index in [9.17, 15) is 9.59 Å². The van der Waals surface area contributed by atoms with Gasteiger partial charge in [0.2, 0.25) is 5.91 Å². The topological polar surface area (TPSA) is 76.7 Å². The van der Waals surface area contributed by atoms with Crippen LogP contribution in [0.4, 0.5) is 4.79 Å². The van der Waals surface area contributed by atoms with Gasteiger partial charge in [-0.3, -0.25) is 10.2 Å². The maximum Gasteiger partial charge on any atom is 0.426 e. The van der Waals surface area contributed by atoms with Crippen LogP contribution in [-0.4, -0.2) is 19.1 Å². The van der Waals surface area contributed by atoms with Crippen LogP contribution in [0.5, 0.6) is 5.75 Å². The first-order chi connectivity index (χ1) is 13.6. The lowest BCUT2D eigenvalue weighted by Gasteiger charge is -2.09. The molecule has 3 aromatic rings. The molecule has 144 valence electrons. The SMILES string of the molecule is COc1ccc(CCC(=O)NNC(=O)OCc2ccc3ccccc3c2)cc1. The number of hydrazine groups is 1. The molecule has 0 aliphatic rings. The van der Waals surface area contributed by atoms with E-state index < -0.39 is 6.09 Å². The van der Waals surface area contributed by atoms with Gasteiger partial charge in [-0.2, -0.15) is 0 Å². The summed E-state index contributed by atoms with van der Waals surface area (Å²) in [6.07, 6.45) is 0.104. The molecule has 0 heterocycles. The highest BCUT2D eigenvalue weighted by molar-refractivity contribution is 5.83. The summed E-state index contributed by atoms with van der Waals surface area (Å²) < 4.78 is 10.2. The Labute approximate surface area is 163 Å². The lowest BCUT2D eigenvalue weighted by atomic mass is 10.1. The number of rotatable bonds is 6. The van der Waals surface area contributed by atoms with Gasteiger partial charge in [-0.1, -0.05) is 48.5 Å². The van der Waals surface area contributed by atoms with Crippen molar-refractivity contribution in [1.29, 1.82) is 0 Å². The third-order valence-corrected chi connectivity index (χ3v) is 4.29. The predicted molar refractivity (Wildman–Crippen MR) is 107 cm³/mol. The van der Waals surface area contributed by atoms with Crippen LogP contribution in [-0.2, 0) is 22.6 Å². The Morgan fingerprint density at radius 1 is 0.857 bits per heavy atom. The van der Waals surface area contributed by atoms with Crippen molar-refractivity contribution in [2.24, 2.45) is 0 Å². The third-order valence-electron chi connectivity index (χ3n) is 4.29. The van der Waals surface area contributed by atoms with Crippen LogP contribution < -0.4 is 15.6 Å². The molecule has 0 radical (unpaired) electrons. The highest BCUT2D eigenvalue weighted by Crippen LogP contribution is 2.16. The number of carbonyl (C=O) groups is 2. The van der Waals surface area contributed by atoms with E-state index in [-0.39, 0.29) is 18.9 Å². The van der Waals surface area contributed by atoms with Crippen molar-refractivity contribution in [3.8, 4) is 5.75 Å². The van der Waals surface area contributed by atoms with Gasteiger partial charge in [0.15, 0.2) is 0 Å². The fourth-order valence-electron chi connectivity index (χ4n) is 2.75. The normalized spacial score (nSPS) is 10.3. The largest absolute Gasteiger partial charge is 0.497 e. The van der Waals surface area contributed by atoms with Crippen molar-refractivity contribution < 1.29 is 19.1 Å². The number of hydrogen-bond acceptors (Lipinski definition) is 4. The summed E-state index contributed by atoms with van der Waals surface area (Å²) in [7, 11) is 1.60. The first-order valence-electron chi connectivity index (χ1n) is 8.96. The fraction of sp³-hybridized carbons (Fsp3) is 0.182. The van der Waals surface area contributed by atoms with E-state index in [4.69, 9.17) is 9.47 Å². The Morgan fingerprint density at radius 3 is 2.32 bits per heavy atom. The molecule has 6 nitrogen and oxygen atoms in total. The van der Waals surface area contributed by atoms with Crippen molar-refractivity contribution in [1.82, 2.24) is 10.9 Å². The van der Waals surface area contributed by atoms with E-state index in [1.807, 2.05) is 66.7 Å². The average Bonchev–Trinajstić information content (AvgIpc) is 2.75. The van der Waals surface area contributed by atoms with Gasteiger partial charge < -0.3 is 9.47 Å². The molecule has 6 heteroatoms. The maximum atomic E-state index is 11.9. The molecule has 0 spiro atoms. The minimum atomic E-state index is -0.703. The lowest BCUT2D eigenvalue weighted by molar-refractivity contribution is -0.121. The van der Waals surface area contributed by atoms with Crippen LogP contribution in [0.15, 0.2) is 66.7 Å². The third kappa shape index (κ3) is 5.48. The molecule has 0 aliphatic carbocycles. The highest BCUT2D eigenvalue weighted by atomic mass is 16.6. The van der Waals surface area contributed by atoms with E-state index >= 15 is 0 Å². The number of hydrogen-bond donors (Lipinski definition) is 2. The molecule has 0 fully saturated rings. The predicted octanol–water partition coefficient (Wildman–Crippen LogP) is 3.74. The van der Waals surface area contributed by atoms with Gasteiger partial charge in [-0.25, -0.2) is 10.2 Å². The van der Waals surface area contributed by atoms with Gasteiger partial charge in [0, 0.05) is 6.42 Å². The smallest absolute Gasteiger partial charge is 0.426 e. The lowest BCUT2D eigenvalue weighted by Crippen LogP contribution is -2.41. The molecule has 0 aromatic heterocycles. The summed E-state index contributed by atoms with van der Waals surface area (Å²) in [5.41, 5.74) is 6.50. The Hall–Kier alpha value is -3.54. The summed E-state index contributed by atoms with van der Waals surface area (Å²) in [5, 5.41) is 2.20. The van der Waals surface area contributed by atoms with Crippen molar-refractivity contribution >= 4 is 22.8 Å². The second kappa shape index (κ2) is 9.41. The van der Waals surface area contributed by atoms with Crippen LogP contribution >= 0.6 is 0 Å². The summed E-state index contributed by atoms with van der Waals surface area (Å²) in [4.78, 5) is 23.6. The van der Waals surface area contributed by atoms with Crippen molar-refractivity contribution in [3.63, 3.8) is 0 Å². The van der Waals surface area contributed by atoms with E-state index in [2.05, 4.69) is 10.9 Å². The Kier molecular flexibility index (Phi) is 6.46. The molecule has 0 atom stereocenters. The average molecular weight is 378 g/mol. The van der Waals surface area contributed by atoms with E-state index in [0.29, 0.717) is 6.42 Å². The molecule has 3 aromatic carbocycles. The van der Waals surface area contributed by atoms with Gasteiger partial charge in [0.25, 0.3) is 0 Å². The van der Waals surface area contributed by atoms with Gasteiger partial charge in [-0.15, -0.1) is 0 Å². The van der Waals surface area contributed by atoms with E-state index in [1.54, 1.807) is 7.11 Å². The number of ether oxygens (including phenoxy) is 2. The van der Waals surface area contributed by atoms with Crippen LogP contribution in [0.1, 0.15) is 17.5 Å². The zero-order valence-electron chi connectivity index (χ0n) is 15.6. The minimum absolute atomic E-state index is 0.123. The minimum Gasteiger partial charge on any atom is -0.497 e. The first kappa shape index (κ1) is 19.2. The summed E-state index contributed by atoms with van der Waals surface area (Å²) in [5.74, 6) is 0.475. The number of benzene rings is 3. The highest BCUT2D eigenvalue weighted by Gasteiger charge is 2.07. The second-order valence-electron chi connectivity index (χ2n) is 6.28. The molecule has 2 N–H and O–H groups in total. The van der Waals surface area contributed by atoms with E-state index in [0.717, 1.165) is 27.6 Å². The van der Waals surface area contributed by atoms with Crippen LogP contribution in [0.3, 0.4) is 0 Å². The number of nitrogens with one attached hydrogen (secondary N) is 2. The Balaban J connectivity index is 1.38. The van der Waals surface area contributed by atoms with Crippen molar-refractivity contribution in [2.75, 3.05) is 7.11 Å². The number of aryl methyl sites for hydroxylation is 1. The zero-order chi connectivity index (χ0) is 19.8. The zero-order valence-corrected chi connectivity index (χ0v) is 15.6. The van der Waals surface area contributed by atoms with E-state index in [1.165, 1.54) is 0 Å². The number of fused-ring (bicyclic) bond motifs is 1. The Morgan fingerprint density at radius 2 is 1.57 bits per heavy atom. The van der Waals surface area contributed by atoms with Crippen LogP contribution in [0.25, 0.3) is 10.8 Å². The van der Waals surface area contributed by atoms with Crippen molar-refractivity contribution in [3.05, 3.63) is 77.9 Å². The van der Waals surface area contributed by atoms with Gasteiger partial charge in [0.1, 0.15) is 12.4 Å². The van der Waals surface area contributed by atoms with Gasteiger partial charge >= 0.3 is 6.09 Å². The standard InChI is InChI=1S/C22H22N2O4/c1-27-20-11-7-16(8-12-20)9-13-21(25)23-24-22(26)28-15-17-6-10-18-4-2-3-5-19(18)14-17/h2-8,10-12,14H,9,13,15H2,1H3,(H,23,25)(H,24,26). The van der Waals surface area contributed by atoms with Gasteiger partial charge in [-0.05, 0) is 46.5 Å². The monoisotopic (exact) mass is 378 g/mol. The van der Waals surface area contributed by atoms with Crippen LogP contribution in [0, 0.1) is 0 Å². The summed E-state index contributed by atoms with van der Waals surface area (Å²) >= 11 is 0. The van der Waals surface area contributed by atoms with Crippen molar-refractivity contribution in [2.45, 2.75) is 19.4 Å². The Bertz CT molecular complexity index is 954. The number of carbonyl (C=O) groups excluding carboxylic acids is 2. The number of methoxy groups -OCH3 is 1. The number of amides is 2. The molecule has 0 saturated heterocycles. The molecule has 0 saturated carbocycles. The molecule has 0 bridgehead atoms. The molecule has 0 aliphatic heterocycles. The molecular formula is C22H22N2O4. The molecule has 3 rings (SSSR count). The molecule has 28 heavy (non-hydrogen) atoms. The molecule has 2 amide bonds. The summed E-state index contributed by atoms with van der Waals surface area (Å²) in [6, 6.07) is 21.3. The molecular weight excluding hydrogens is 356 g/mol.